The molecule has 0 radical (unpaired) electrons. The molecule has 0 spiro atoms. The molecule has 114 valence electrons. The number of rotatable bonds is 5. The largest absolute Gasteiger partial charge is 0.359 e. The van der Waals surface area contributed by atoms with E-state index in [4.69, 9.17) is 10.7 Å². The number of nitrogens with two attached hydrogens (primary N) is 1. The molecule has 0 bridgehead atoms. The average Bonchev–Trinajstić information content (AvgIpc) is 2.50. The maximum atomic E-state index is 9.39. The molecule has 0 amide bonds. The van der Waals surface area contributed by atoms with E-state index in [2.05, 4.69) is 24.8 Å². The summed E-state index contributed by atoms with van der Waals surface area (Å²) in [4.78, 5) is 6.85. The van der Waals surface area contributed by atoms with E-state index in [0.717, 1.165) is 31.6 Å². The maximum Gasteiger partial charge on any atom is 0.146 e. The lowest BCUT2D eigenvalue weighted by atomic mass is 9.95. The van der Waals surface area contributed by atoms with Crippen molar-refractivity contribution in [2.75, 3.05) is 18.5 Å². The zero-order valence-electron chi connectivity index (χ0n) is 13.4. The predicted molar refractivity (Wildman–Crippen MR) is 86.3 cm³/mol. The van der Waals surface area contributed by atoms with Gasteiger partial charge in [-0.05, 0) is 49.7 Å². The summed E-state index contributed by atoms with van der Waals surface area (Å²) in [7, 11) is 2.01. The highest BCUT2D eigenvalue weighted by Crippen LogP contribution is 2.26. The van der Waals surface area contributed by atoms with E-state index < -0.39 is 0 Å². The van der Waals surface area contributed by atoms with Crippen molar-refractivity contribution in [3.8, 4) is 6.07 Å². The topological polar surface area (TPSA) is 65.9 Å². The Morgan fingerprint density at radius 1 is 1.38 bits per heavy atom. The Labute approximate surface area is 128 Å². The number of hydrogen-bond acceptors (Lipinski definition) is 4. The first kappa shape index (κ1) is 15.8. The zero-order chi connectivity index (χ0) is 15.4. The van der Waals surface area contributed by atoms with Crippen molar-refractivity contribution in [2.24, 2.45) is 11.7 Å². The maximum absolute atomic E-state index is 9.39. The van der Waals surface area contributed by atoms with Crippen LogP contribution in [0.2, 0.25) is 0 Å². The molecule has 1 aliphatic rings. The third-order valence-electron chi connectivity index (χ3n) is 4.42. The summed E-state index contributed by atoms with van der Waals surface area (Å²) in [6, 6.07) is 4.53. The lowest BCUT2D eigenvalue weighted by Crippen LogP contribution is -2.32. The van der Waals surface area contributed by atoms with E-state index in [1.54, 1.807) is 0 Å². The van der Waals surface area contributed by atoms with Crippen LogP contribution in [-0.2, 0) is 12.8 Å². The Morgan fingerprint density at radius 2 is 2.10 bits per heavy atom. The van der Waals surface area contributed by atoms with Crippen LogP contribution in [0.3, 0.4) is 0 Å². The van der Waals surface area contributed by atoms with Crippen LogP contribution in [0.4, 0.5) is 5.82 Å². The van der Waals surface area contributed by atoms with Crippen LogP contribution >= 0.6 is 0 Å². The summed E-state index contributed by atoms with van der Waals surface area (Å²) in [6.07, 6.45) is 5.41. The Bertz CT molecular complexity index is 530. The van der Waals surface area contributed by atoms with Crippen LogP contribution in [-0.4, -0.2) is 24.6 Å². The van der Waals surface area contributed by atoms with Crippen molar-refractivity contribution in [1.29, 1.82) is 5.26 Å². The molecule has 1 atom stereocenters. The van der Waals surface area contributed by atoms with Gasteiger partial charge in [0.05, 0.1) is 5.56 Å². The van der Waals surface area contributed by atoms with Gasteiger partial charge in [0, 0.05) is 25.3 Å². The fourth-order valence-corrected chi connectivity index (χ4v) is 2.78. The highest BCUT2D eigenvalue weighted by molar-refractivity contribution is 5.56. The number of nitrogens with zero attached hydrogens (tertiary/aromatic N) is 3. The van der Waals surface area contributed by atoms with Gasteiger partial charge in [-0.25, -0.2) is 4.98 Å². The molecule has 0 saturated carbocycles. The molecule has 4 heteroatoms. The third-order valence-corrected chi connectivity index (χ3v) is 4.42. The van der Waals surface area contributed by atoms with Gasteiger partial charge < -0.3 is 10.6 Å². The SMILES string of the molecule is CC(C)C(N)CCN(C)c1nc2c(cc1C#N)CCCC2. The van der Waals surface area contributed by atoms with Crippen LogP contribution in [0.25, 0.3) is 0 Å². The summed E-state index contributed by atoms with van der Waals surface area (Å²) in [5, 5.41) is 9.39. The van der Waals surface area contributed by atoms with Gasteiger partial charge in [-0.3, -0.25) is 0 Å². The number of pyridine rings is 1. The highest BCUT2D eigenvalue weighted by Gasteiger charge is 2.18. The first-order valence-electron chi connectivity index (χ1n) is 7.92. The molecule has 0 aliphatic heterocycles. The van der Waals surface area contributed by atoms with Gasteiger partial charge in [0.15, 0.2) is 0 Å². The number of fused-ring (bicyclic) bond motifs is 1. The average molecular weight is 286 g/mol. The van der Waals surface area contributed by atoms with Crippen LogP contribution in [0.1, 0.15) is 49.9 Å². The Morgan fingerprint density at radius 3 is 2.76 bits per heavy atom. The van der Waals surface area contributed by atoms with Crippen LogP contribution in [0, 0.1) is 17.2 Å². The number of nitriles is 1. The van der Waals surface area contributed by atoms with Gasteiger partial charge >= 0.3 is 0 Å². The molecular weight excluding hydrogens is 260 g/mol. The molecule has 2 rings (SSSR count). The fraction of sp³-hybridized carbons (Fsp3) is 0.647. The van der Waals surface area contributed by atoms with Gasteiger partial charge in [0.25, 0.3) is 0 Å². The molecule has 21 heavy (non-hydrogen) atoms. The minimum atomic E-state index is 0.190. The standard InChI is InChI=1S/C17H26N4/c1-12(2)15(19)8-9-21(3)17-14(11-18)10-13-6-4-5-7-16(13)20-17/h10,12,15H,4-9,19H2,1-3H3. The second-order valence-electron chi connectivity index (χ2n) is 6.40. The Hall–Kier alpha value is -1.60. The summed E-state index contributed by atoms with van der Waals surface area (Å²) in [5.74, 6) is 1.29. The van der Waals surface area contributed by atoms with E-state index in [1.165, 1.54) is 24.1 Å². The summed E-state index contributed by atoms with van der Waals surface area (Å²) >= 11 is 0. The van der Waals surface area contributed by atoms with E-state index in [0.29, 0.717) is 11.5 Å². The van der Waals surface area contributed by atoms with Gasteiger partial charge in [0.1, 0.15) is 11.9 Å². The molecule has 4 nitrogen and oxygen atoms in total. The quantitative estimate of drug-likeness (QED) is 0.903. The van der Waals surface area contributed by atoms with E-state index >= 15 is 0 Å². The molecular formula is C17H26N4. The van der Waals surface area contributed by atoms with Crippen molar-refractivity contribution in [3.05, 3.63) is 22.9 Å². The first-order chi connectivity index (χ1) is 10.0. The number of aromatic nitrogens is 1. The van der Waals surface area contributed by atoms with Crippen molar-refractivity contribution in [1.82, 2.24) is 4.98 Å². The predicted octanol–water partition coefficient (Wildman–Crippen LogP) is 2.64. The summed E-state index contributed by atoms with van der Waals surface area (Å²) in [6.45, 7) is 5.12. The minimum absolute atomic E-state index is 0.190. The van der Waals surface area contributed by atoms with Gasteiger partial charge in [-0.15, -0.1) is 0 Å². The number of aryl methyl sites for hydroxylation is 2. The molecule has 0 aromatic carbocycles. The second-order valence-corrected chi connectivity index (χ2v) is 6.40. The van der Waals surface area contributed by atoms with Crippen LogP contribution in [0.5, 0.6) is 0 Å². The number of anilines is 1. The first-order valence-corrected chi connectivity index (χ1v) is 7.92. The monoisotopic (exact) mass is 286 g/mol. The third kappa shape index (κ3) is 3.74. The van der Waals surface area contributed by atoms with Gasteiger partial charge in [-0.2, -0.15) is 5.26 Å². The van der Waals surface area contributed by atoms with Crippen LogP contribution in [0.15, 0.2) is 6.07 Å². The summed E-state index contributed by atoms with van der Waals surface area (Å²) in [5.41, 5.74) is 9.24. The van der Waals surface area contributed by atoms with Crippen molar-refractivity contribution in [3.63, 3.8) is 0 Å². The summed E-state index contributed by atoms with van der Waals surface area (Å²) < 4.78 is 0. The lowest BCUT2D eigenvalue weighted by Gasteiger charge is -2.25. The van der Waals surface area contributed by atoms with Gasteiger partial charge in [0.2, 0.25) is 0 Å². The second kappa shape index (κ2) is 6.91. The molecule has 1 unspecified atom stereocenters. The van der Waals surface area contributed by atoms with E-state index in [9.17, 15) is 5.26 Å². The smallest absolute Gasteiger partial charge is 0.146 e. The Balaban J connectivity index is 2.16. The fourth-order valence-electron chi connectivity index (χ4n) is 2.78. The molecule has 1 aromatic rings. The van der Waals surface area contributed by atoms with Crippen molar-refractivity contribution in [2.45, 2.75) is 52.0 Å². The van der Waals surface area contributed by atoms with E-state index in [-0.39, 0.29) is 6.04 Å². The number of hydrogen-bond donors (Lipinski definition) is 1. The molecule has 0 saturated heterocycles. The molecule has 1 heterocycles. The zero-order valence-corrected chi connectivity index (χ0v) is 13.4. The minimum Gasteiger partial charge on any atom is -0.359 e. The molecule has 1 aromatic heterocycles. The van der Waals surface area contributed by atoms with Crippen molar-refractivity contribution >= 4 is 5.82 Å². The van der Waals surface area contributed by atoms with E-state index in [1.807, 2.05) is 13.1 Å². The van der Waals surface area contributed by atoms with Gasteiger partial charge in [-0.1, -0.05) is 13.8 Å². The molecule has 0 fully saturated rings. The lowest BCUT2D eigenvalue weighted by molar-refractivity contribution is 0.465. The molecule has 2 N–H and O–H groups in total. The highest BCUT2D eigenvalue weighted by atomic mass is 15.2. The normalized spacial score (nSPS) is 15.4. The Kier molecular flexibility index (Phi) is 5.19. The molecule has 1 aliphatic carbocycles. The van der Waals surface area contributed by atoms with Crippen molar-refractivity contribution < 1.29 is 0 Å². The van der Waals surface area contributed by atoms with Crippen LogP contribution < -0.4 is 10.6 Å².